The van der Waals surface area contributed by atoms with Crippen molar-refractivity contribution in [2.75, 3.05) is 19.6 Å². The molecule has 1 saturated heterocycles. The van der Waals surface area contributed by atoms with Crippen molar-refractivity contribution >= 4 is 47.9 Å². The van der Waals surface area contributed by atoms with E-state index in [0.29, 0.717) is 18.1 Å². The minimum absolute atomic E-state index is 0.110. The average molecular weight is 776 g/mol. The van der Waals surface area contributed by atoms with E-state index in [0.717, 1.165) is 53.9 Å². The van der Waals surface area contributed by atoms with Crippen molar-refractivity contribution in [3.63, 3.8) is 0 Å². The number of para-hydroxylation sites is 1. The molecule has 0 radical (unpaired) electrons. The molecule has 1 fully saturated rings. The van der Waals surface area contributed by atoms with Gasteiger partial charge in [0.25, 0.3) is 0 Å². The molecule has 1 aromatic heterocycles. The van der Waals surface area contributed by atoms with Gasteiger partial charge in [0.15, 0.2) is 0 Å². The van der Waals surface area contributed by atoms with Crippen LogP contribution in [-0.4, -0.2) is 53.9 Å². The molecule has 2 aliphatic heterocycles. The van der Waals surface area contributed by atoms with Crippen LogP contribution in [0, 0.1) is 9.62 Å². The number of phenols is 2. The molecular weight excluding hydrogens is 750 g/mol. The summed E-state index contributed by atoms with van der Waals surface area (Å²) in [7, 11) is 0. The van der Waals surface area contributed by atoms with Crippen LogP contribution in [0.1, 0.15) is 24.0 Å². The number of fused-ring (bicyclic) bond motifs is 1. The summed E-state index contributed by atoms with van der Waals surface area (Å²) in [5.41, 5.74) is 1.76. The molecule has 0 unspecified atom stereocenters. The van der Waals surface area contributed by atoms with Crippen LogP contribution in [0.15, 0.2) is 65.3 Å². The SMILES string of the molecule is O=C(Cc1cccc(O)c1)N1CCC(CNC2=CC(c3ccccc3O)=I[I-]c3c(Br)cnn32)CC1. The molecule has 2 aromatic carbocycles. The summed E-state index contributed by atoms with van der Waals surface area (Å²) in [6.07, 6.45) is 6.25. The number of phenolic OH excluding ortho intramolecular Hbond substituents is 2. The van der Waals surface area contributed by atoms with E-state index in [4.69, 9.17) is 0 Å². The number of rotatable bonds is 6. The summed E-state index contributed by atoms with van der Waals surface area (Å²) in [6.45, 7) is 2.30. The predicted molar refractivity (Wildman–Crippen MR) is 148 cm³/mol. The van der Waals surface area contributed by atoms with Gasteiger partial charge in [-0.25, -0.2) is 0 Å². The number of carbonyl (C=O) groups excluding carboxylic acids is 1. The number of carbonyl (C=O) groups is 1. The zero-order valence-electron chi connectivity index (χ0n) is 19.4. The third kappa shape index (κ3) is 5.96. The van der Waals surface area contributed by atoms with Crippen LogP contribution in [0.25, 0.3) is 5.82 Å². The van der Waals surface area contributed by atoms with Crippen LogP contribution in [-0.2, 0) is 11.2 Å². The standard InChI is InChI=1S/C26H26BrI2N4O3/c27-21-16-31-33-24(14-22(28-29-26(21)33)20-6-1-2-7-23(20)35)30-15-17-8-10-32(11-9-17)25(36)13-18-4-3-5-19(34)12-18/h1-7,12,14,16-17,30,34-35H,8-11,13,15H2/q-1. The fraction of sp³-hybridized carbons (Fsp3) is 0.269. The van der Waals surface area contributed by atoms with Gasteiger partial charge >= 0.3 is 201 Å². The van der Waals surface area contributed by atoms with Crippen molar-refractivity contribution in [2.24, 2.45) is 5.92 Å². The Kier molecular flexibility index (Phi) is 8.31. The van der Waals surface area contributed by atoms with E-state index in [1.54, 1.807) is 24.3 Å². The van der Waals surface area contributed by atoms with Crippen molar-refractivity contribution in [3.8, 4) is 11.5 Å². The van der Waals surface area contributed by atoms with Gasteiger partial charge in [-0.2, -0.15) is 0 Å². The molecule has 0 saturated carbocycles. The first-order valence-electron chi connectivity index (χ1n) is 11.7. The van der Waals surface area contributed by atoms with E-state index in [1.165, 1.54) is 7.21 Å². The first kappa shape index (κ1) is 25.7. The molecular formula is C26H26BrI2N4O3-. The van der Waals surface area contributed by atoms with Crippen molar-refractivity contribution in [1.82, 2.24) is 20.0 Å². The summed E-state index contributed by atoms with van der Waals surface area (Å²) in [5, 5.41) is 28.4. The summed E-state index contributed by atoms with van der Waals surface area (Å²) in [6, 6.07) is 14.5. The molecule has 36 heavy (non-hydrogen) atoms. The van der Waals surface area contributed by atoms with Crippen LogP contribution in [0.5, 0.6) is 11.5 Å². The number of allylic oxidation sites excluding steroid dienone is 1. The summed E-state index contributed by atoms with van der Waals surface area (Å²) in [5.74, 6) is 2.04. The maximum atomic E-state index is 12.8. The van der Waals surface area contributed by atoms with Crippen LogP contribution in [0.4, 0.5) is 0 Å². The molecule has 0 atom stereocenters. The Morgan fingerprint density at radius 2 is 1.97 bits per heavy atom. The Hall–Kier alpha value is -1.93. The molecule has 190 valence electrons. The van der Waals surface area contributed by atoms with E-state index >= 15 is 0 Å². The fourth-order valence-corrected chi connectivity index (χ4v) is 17.0. The van der Waals surface area contributed by atoms with Crippen LogP contribution < -0.4 is 22.5 Å². The number of nitrogens with one attached hydrogen (secondary N) is 1. The molecule has 2 aliphatic rings. The summed E-state index contributed by atoms with van der Waals surface area (Å²) < 4.78 is 5.57. The number of aromatic nitrogens is 2. The topological polar surface area (TPSA) is 90.6 Å². The second-order valence-corrected chi connectivity index (χ2v) is 18.1. The van der Waals surface area contributed by atoms with Crippen molar-refractivity contribution < 1.29 is 32.2 Å². The second kappa shape index (κ2) is 11.6. The number of piperidine rings is 1. The Morgan fingerprint density at radius 1 is 1.17 bits per heavy atom. The van der Waals surface area contributed by atoms with Gasteiger partial charge in [-0.1, -0.05) is 12.1 Å². The Balaban J connectivity index is 1.23. The average Bonchev–Trinajstić information content (AvgIpc) is 3.14. The van der Waals surface area contributed by atoms with Crippen molar-refractivity contribution in [3.05, 3.63) is 80.1 Å². The summed E-state index contributed by atoms with van der Waals surface area (Å²) in [4.78, 5) is 14.7. The molecule has 1 amide bonds. The number of likely N-dealkylation sites (tertiary alicyclic amines) is 1. The van der Waals surface area contributed by atoms with Gasteiger partial charge in [0, 0.05) is 0 Å². The molecule has 0 aliphatic carbocycles. The molecule has 7 nitrogen and oxygen atoms in total. The van der Waals surface area contributed by atoms with Gasteiger partial charge in [-0.15, -0.1) is 0 Å². The molecule has 0 bridgehead atoms. The monoisotopic (exact) mass is 775 g/mol. The normalized spacial score (nSPS) is 16.5. The number of aromatic hydroxyl groups is 2. The summed E-state index contributed by atoms with van der Waals surface area (Å²) >= 11 is 3.21. The Morgan fingerprint density at radius 3 is 2.75 bits per heavy atom. The fourth-order valence-electron chi connectivity index (χ4n) is 4.33. The number of nitrogens with zero attached hydrogens (tertiary/aromatic N) is 3. The Labute approximate surface area is 234 Å². The van der Waals surface area contributed by atoms with Crippen molar-refractivity contribution in [1.29, 1.82) is 0 Å². The number of amides is 1. The second-order valence-electron chi connectivity index (χ2n) is 8.78. The van der Waals surface area contributed by atoms with Crippen LogP contribution >= 0.6 is 32.7 Å². The van der Waals surface area contributed by atoms with E-state index < -0.39 is 0 Å². The minimum atomic E-state index is -0.246. The Bertz CT molecular complexity index is 1330. The molecule has 0 spiro atoms. The third-order valence-electron chi connectivity index (χ3n) is 6.31. The predicted octanol–water partition coefficient (Wildman–Crippen LogP) is 1.30. The number of hydrogen-bond acceptors (Lipinski definition) is 5. The van der Waals surface area contributed by atoms with Crippen LogP contribution in [0.2, 0.25) is 0 Å². The number of hydrogen-bond donors (Lipinski definition) is 3. The van der Waals surface area contributed by atoms with E-state index in [2.05, 4.69) is 32.4 Å². The molecule has 3 heterocycles. The quantitative estimate of drug-likeness (QED) is 0.329. The molecule has 3 aromatic rings. The molecule has 10 heteroatoms. The van der Waals surface area contributed by atoms with Crippen LogP contribution in [0.3, 0.4) is 0 Å². The van der Waals surface area contributed by atoms with Gasteiger partial charge in [0.05, 0.1) is 0 Å². The van der Waals surface area contributed by atoms with Gasteiger partial charge in [-0.05, 0) is 12.1 Å². The molecule has 3 N–H and O–H groups in total. The first-order chi connectivity index (χ1) is 17.5. The van der Waals surface area contributed by atoms with Crippen molar-refractivity contribution in [2.45, 2.75) is 19.3 Å². The van der Waals surface area contributed by atoms with Gasteiger partial charge in [0.1, 0.15) is 5.75 Å². The third-order valence-corrected chi connectivity index (χ3v) is 17.5. The maximum absolute atomic E-state index is 12.8. The van der Waals surface area contributed by atoms with Gasteiger partial charge in [0.2, 0.25) is 0 Å². The first-order valence-corrected chi connectivity index (χ1v) is 20.9. The number of benzene rings is 2. The zero-order chi connectivity index (χ0) is 25.1. The number of halogens is 3. The van der Waals surface area contributed by atoms with E-state index in [1.807, 2.05) is 40.0 Å². The van der Waals surface area contributed by atoms with E-state index in [9.17, 15) is 15.0 Å². The van der Waals surface area contributed by atoms with Gasteiger partial charge in [-0.3, -0.25) is 0 Å². The zero-order valence-corrected chi connectivity index (χ0v) is 25.3. The van der Waals surface area contributed by atoms with E-state index in [-0.39, 0.29) is 45.6 Å². The van der Waals surface area contributed by atoms with Gasteiger partial charge < -0.3 is 5.11 Å². The molecule has 5 rings (SSSR count).